The summed E-state index contributed by atoms with van der Waals surface area (Å²) in [6.07, 6.45) is 2.56. The van der Waals surface area contributed by atoms with E-state index in [-0.39, 0.29) is 17.8 Å². The van der Waals surface area contributed by atoms with Crippen LogP contribution in [0.1, 0.15) is 24.8 Å². The quantitative estimate of drug-likeness (QED) is 0.331. The van der Waals surface area contributed by atoms with Gasteiger partial charge in [-0.3, -0.25) is 9.59 Å². The number of ether oxygens (including phenoxy) is 1. The minimum Gasteiger partial charge on any atom is -0.465 e. The van der Waals surface area contributed by atoms with Gasteiger partial charge in [0.15, 0.2) is 0 Å². The van der Waals surface area contributed by atoms with Crippen molar-refractivity contribution in [3.63, 3.8) is 0 Å². The fourth-order valence-corrected chi connectivity index (χ4v) is 5.39. The molecule has 1 heterocycles. The van der Waals surface area contributed by atoms with E-state index >= 15 is 0 Å². The lowest BCUT2D eigenvalue weighted by atomic mass is 9.75. The summed E-state index contributed by atoms with van der Waals surface area (Å²) < 4.78 is 5.39. The number of hydrogen-bond acceptors (Lipinski definition) is 4. The molecule has 1 amide bonds. The summed E-state index contributed by atoms with van der Waals surface area (Å²) in [5.74, 6) is 0.0821. The maximum Gasteiger partial charge on any atom is 0.313 e. The van der Waals surface area contributed by atoms with E-state index in [1.807, 2.05) is 84.9 Å². The summed E-state index contributed by atoms with van der Waals surface area (Å²) in [5.41, 5.74) is 4.59. The molecule has 1 N–H and O–H groups in total. The lowest BCUT2D eigenvalue weighted by Crippen LogP contribution is -2.31. The molecule has 35 heavy (non-hydrogen) atoms. The first-order valence-electron chi connectivity index (χ1n) is 12.1. The summed E-state index contributed by atoms with van der Waals surface area (Å²) in [4.78, 5) is 27.5. The van der Waals surface area contributed by atoms with Crippen LogP contribution in [0.15, 0.2) is 97.1 Å². The van der Waals surface area contributed by atoms with Crippen LogP contribution in [0.2, 0.25) is 0 Å². The van der Waals surface area contributed by atoms with E-state index in [4.69, 9.17) is 4.74 Å². The second-order valence-electron chi connectivity index (χ2n) is 9.58. The van der Waals surface area contributed by atoms with Gasteiger partial charge in [-0.05, 0) is 61.2 Å². The summed E-state index contributed by atoms with van der Waals surface area (Å²) in [7, 11) is 0. The third-order valence-corrected chi connectivity index (χ3v) is 7.16. The minimum absolute atomic E-state index is 0.0419. The maximum absolute atomic E-state index is 12.8. The van der Waals surface area contributed by atoms with E-state index in [1.54, 1.807) is 0 Å². The number of benzene rings is 3. The van der Waals surface area contributed by atoms with Crippen LogP contribution in [0.5, 0.6) is 0 Å². The minimum atomic E-state index is -0.472. The maximum atomic E-state index is 12.8. The van der Waals surface area contributed by atoms with Crippen molar-refractivity contribution in [1.29, 1.82) is 0 Å². The first-order chi connectivity index (χ1) is 17.0. The molecular weight excluding hydrogens is 436 g/mol. The fourth-order valence-electron chi connectivity index (χ4n) is 5.39. The Balaban J connectivity index is 1.21. The number of amides is 1. The molecule has 3 aromatic rings. The van der Waals surface area contributed by atoms with E-state index < -0.39 is 5.41 Å². The van der Waals surface area contributed by atoms with Crippen LogP contribution in [0, 0.1) is 11.3 Å². The SMILES string of the molecule is C=C1CC2COC(=O)C2(Cc2ccc(NC(=O)CCN(c3ccccc3)c3ccccc3)cc2)C1. The number of nitrogens with zero attached hydrogens (tertiary/aromatic N) is 1. The Labute approximate surface area is 206 Å². The predicted molar refractivity (Wildman–Crippen MR) is 139 cm³/mol. The lowest BCUT2D eigenvalue weighted by Gasteiger charge is -2.25. The Morgan fingerprint density at radius 1 is 0.971 bits per heavy atom. The number of hydrogen-bond donors (Lipinski definition) is 1. The summed E-state index contributed by atoms with van der Waals surface area (Å²) in [6, 6.07) is 28.0. The number of cyclic esters (lactones) is 1. The number of carbonyl (C=O) groups is 2. The normalized spacial score (nSPS) is 20.9. The third-order valence-electron chi connectivity index (χ3n) is 7.16. The highest BCUT2D eigenvalue weighted by molar-refractivity contribution is 5.91. The summed E-state index contributed by atoms with van der Waals surface area (Å²) in [6.45, 7) is 5.17. The number of rotatable bonds is 8. The number of para-hydroxylation sites is 2. The second kappa shape index (κ2) is 9.79. The molecule has 2 fully saturated rings. The van der Waals surface area contributed by atoms with Crippen molar-refractivity contribution < 1.29 is 14.3 Å². The molecule has 2 aliphatic rings. The molecule has 5 heteroatoms. The molecule has 1 saturated heterocycles. The Morgan fingerprint density at radius 2 is 1.60 bits per heavy atom. The van der Waals surface area contributed by atoms with Crippen molar-refractivity contribution in [3.05, 3.63) is 103 Å². The van der Waals surface area contributed by atoms with E-state index in [1.165, 1.54) is 0 Å². The first kappa shape index (κ1) is 22.9. The van der Waals surface area contributed by atoms with Gasteiger partial charge in [0.25, 0.3) is 0 Å². The Bertz CT molecular complexity index is 1170. The average Bonchev–Trinajstić information content (AvgIpc) is 3.35. The van der Waals surface area contributed by atoms with Crippen molar-refractivity contribution in [2.75, 3.05) is 23.4 Å². The van der Waals surface area contributed by atoms with Crippen LogP contribution in [0.3, 0.4) is 0 Å². The van der Waals surface area contributed by atoms with Gasteiger partial charge in [0.1, 0.15) is 0 Å². The van der Waals surface area contributed by atoms with E-state index in [9.17, 15) is 9.59 Å². The van der Waals surface area contributed by atoms with E-state index in [2.05, 4.69) is 16.8 Å². The van der Waals surface area contributed by atoms with Gasteiger partial charge in [0.2, 0.25) is 5.91 Å². The van der Waals surface area contributed by atoms with Gasteiger partial charge in [-0.15, -0.1) is 0 Å². The Morgan fingerprint density at radius 3 is 2.23 bits per heavy atom. The molecule has 1 saturated carbocycles. The smallest absolute Gasteiger partial charge is 0.313 e. The number of carbonyl (C=O) groups excluding carboxylic acids is 2. The molecule has 2 atom stereocenters. The third kappa shape index (κ3) is 4.85. The molecule has 0 spiro atoms. The van der Waals surface area contributed by atoms with Crippen LogP contribution in [-0.2, 0) is 20.7 Å². The van der Waals surface area contributed by atoms with Gasteiger partial charge in [-0.25, -0.2) is 0 Å². The monoisotopic (exact) mass is 466 g/mol. The molecule has 178 valence electrons. The Kier molecular flexibility index (Phi) is 6.41. The zero-order valence-electron chi connectivity index (χ0n) is 19.8. The van der Waals surface area contributed by atoms with Crippen LogP contribution >= 0.6 is 0 Å². The summed E-state index contributed by atoms with van der Waals surface area (Å²) >= 11 is 0. The van der Waals surface area contributed by atoms with Crippen molar-refractivity contribution in [1.82, 2.24) is 0 Å². The predicted octanol–water partition coefficient (Wildman–Crippen LogP) is 5.91. The van der Waals surface area contributed by atoms with Crippen LogP contribution in [0.4, 0.5) is 17.1 Å². The summed E-state index contributed by atoms with van der Waals surface area (Å²) in [5, 5.41) is 3.01. The second-order valence-corrected chi connectivity index (χ2v) is 9.58. The van der Waals surface area contributed by atoms with Gasteiger partial charge >= 0.3 is 5.97 Å². The highest BCUT2D eigenvalue weighted by Gasteiger charge is 2.55. The molecule has 0 aromatic heterocycles. The number of nitrogens with one attached hydrogen (secondary N) is 1. The Hall–Kier alpha value is -3.86. The van der Waals surface area contributed by atoms with Crippen LogP contribution in [0.25, 0.3) is 0 Å². The first-order valence-corrected chi connectivity index (χ1v) is 12.1. The molecule has 0 bridgehead atoms. The van der Waals surface area contributed by atoms with E-state index in [0.29, 0.717) is 32.4 Å². The molecule has 1 aliphatic heterocycles. The zero-order chi connectivity index (χ0) is 24.3. The zero-order valence-corrected chi connectivity index (χ0v) is 19.8. The number of fused-ring (bicyclic) bond motifs is 1. The highest BCUT2D eigenvalue weighted by Crippen LogP contribution is 2.52. The number of esters is 1. The molecule has 2 unspecified atom stereocenters. The molecular formula is C30H30N2O3. The highest BCUT2D eigenvalue weighted by atomic mass is 16.5. The van der Waals surface area contributed by atoms with Gasteiger partial charge in [-0.2, -0.15) is 0 Å². The van der Waals surface area contributed by atoms with Gasteiger partial charge < -0.3 is 15.0 Å². The van der Waals surface area contributed by atoms with Gasteiger partial charge in [0, 0.05) is 35.9 Å². The average molecular weight is 467 g/mol. The van der Waals surface area contributed by atoms with Crippen molar-refractivity contribution >= 4 is 28.9 Å². The molecule has 5 rings (SSSR count). The molecule has 3 aromatic carbocycles. The lowest BCUT2D eigenvalue weighted by molar-refractivity contribution is -0.146. The number of anilines is 3. The standard InChI is InChI=1S/C30H30N2O3/c1-22-18-24-21-35-29(34)30(24,19-22)20-23-12-14-25(15-13-23)31-28(33)16-17-32(26-8-4-2-5-9-26)27-10-6-3-7-11-27/h2-15,24H,1,16-21H2,(H,31,33). The van der Waals surface area contributed by atoms with Crippen LogP contribution in [-0.4, -0.2) is 25.0 Å². The topological polar surface area (TPSA) is 58.6 Å². The largest absolute Gasteiger partial charge is 0.465 e. The van der Waals surface area contributed by atoms with E-state index in [0.717, 1.165) is 34.6 Å². The van der Waals surface area contributed by atoms with Crippen molar-refractivity contribution in [3.8, 4) is 0 Å². The molecule has 5 nitrogen and oxygen atoms in total. The van der Waals surface area contributed by atoms with Gasteiger partial charge in [-0.1, -0.05) is 60.7 Å². The molecule has 0 radical (unpaired) electrons. The van der Waals surface area contributed by atoms with Crippen molar-refractivity contribution in [2.45, 2.75) is 25.7 Å². The van der Waals surface area contributed by atoms with Gasteiger partial charge in [0.05, 0.1) is 12.0 Å². The van der Waals surface area contributed by atoms with Crippen LogP contribution < -0.4 is 10.2 Å². The fraction of sp³-hybridized carbons (Fsp3) is 0.267. The van der Waals surface area contributed by atoms with Crippen molar-refractivity contribution in [2.24, 2.45) is 11.3 Å². The molecule has 1 aliphatic carbocycles. The number of allylic oxidation sites excluding steroid dienone is 1.